The number of imidazole rings is 1. The third kappa shape index (κ3) is 6.57. The van der Waals surface area contributed by atoms with E-state index in [9.17, 15) is 4.79 Å². The highest BCUT2D eigenvalue weighted by molar-refractivity contribution is 5.92. The van der Waals surface area contributed by atoms with E-state index in [0.29, 0.717) is 23.7 Å². The van der Waals surface area contributed by atoms with Crippen LogP contribution < -0.4 is 15.4 Å². The maximum Gasteiger partial charge on any atom is 0.270 e. The largest absolute Gasteiger partial charge is 0.457 e. The molecule has 0 radical (unpaired) electrons. The molecule has 8 heteroatoms. The number of nitrogens with one attached hydrogen (secondary N) is 2. The molecule has 1 saturated heterocycles. The number of carbonyl (C=O) groups is 1. The Morgan fingerprint density at radius 1 is 1.03 bits per heavy atom. The van der Waals surface area contributed by atoms with Gasteiger partial charge in [0.1, 0.15) is 17.2 Å². The summed E-state index contributed by atoms with van der Waals surface area (Å²) >= 11 is 0. The number of hydrogen-bond acceptors (Lipinski definition) is 6. The van der Waals surface area contributed by atoms with Gasteiger partial charge in [-0.05, 0) is 80.2 Å². The number of aromatic nitrogens is 3. The van der Waals surface area contributed by atoms with Crippen molar-refractivity contribution in [1.82, 2.24) is 24.8 Å². The smallest absolute Gasteiger partial charge is 0.270 e. The molecule has 0 saturated carbocycles. The predicted octanol–water partition coefficient (Wildman–Crippen LogP) is 6.02. The summed E-state index contributed by atoms with van der Waals surface area (Å²) in [5.74, 6) is 1.76. The summed E-state index contributed by atoms with van der Waals surface area (Å²) in [6, 6.07) is 17.7. The number of benzene rings is 2. The molecule has 8 nitrogen and oxygen atoms in total. The number of aryl methyl sites for hydroxylation is 1. The SMILES string of the molecule is Cn1c(Nc2cccc(C(C)(C)C)c2)nc2cc(Oc3ccnc(C(=O)NCCCN4CCCC4)c3)ccc21. The molecule has 1 aliphatic rings. The minimum atomic E-state index is -0.187. The highest BCUT2D eigenvalue weighted by Crippen LogP contribution is 2.30. The average molecular weight is 527 g/mol. The summed E-state index contributed by atoms with van der Waals surface area (Å²) in [5.41, 5.74) is 4.47. The summed E-state index contributed by atoms with van der Waals surface area (Å²) in [6.45, 7) is 10.6. The molecule has 3 heterocycles. The van der Waals surface area contributed by atoms with E-state index in [0.717, 1.165) is 35.6 Å². The van der Waals surface area contributed by atoms with Gasteiger partial charge in [0.15, 0.2) is 0 Å². The van der Waals surface area contributed by atoms with Crippen LogP contribution in [0.3, 0.4) is 0 Å². The van der Waals surface area contributed by atoms with Crippen LogP contribution >= 0.6 is 0 Å². The monoisotopic (exact) mass is 526 g/mol. The Morgan fingerprint density at radius 3 is 2.62 bits per heavy atom. The van der Waals surface area contributed by atoms with Gasteiger partial charge in [-0.15, -0.1) is 0 Å². The summed E-state index contributed by atoms with van der Waals surface area (Å²) in [6.07, 6.45) is 5.09. The Labute approximate surface area is 230 Å². The molecule has 0 atom stereocenters. The molecule has 2 N–H and O–H groups in total. The van der Waals surface area contributed by atoms with Crippen molar-refractivity contribution < 1.29 is 9.53 Å². The van der Waals surface area contributed by atoms with Crippen LogP contribution in [0.1, 0.15) is 56.1 Å². The standard InChI is InChI=1S/C31H38N6O2/c1-31(2,3)22-9-7-10-23(19-22)34-30-35-26-20-24(11-12-28(26)36(30)4)39-25-13-15-32-27(21-25)29(38)33-14-8-18-37-16-5-6-17-37/h7,9-13,15,19-21H,5-6,8,14,16-18H2,1-4H3,(H,33,38)(H,34,35). The molecular weight excluding hydrogens is 488 g/mol. The summed E-state index contributed by atoms with van der Waals surface area (Å²) in [7, 11) is 1.99. The minimum absolute atomic E-state index is 0.0666. The van der Waals surface area contributed by atoms with Crippen LogP contribution in [0.5, 0.6) is 11.5 Å². The molecule has 0 bridgehead atoms. The van der Waals surface area contributed by atoms with Crippen molar-refractivity contribution in [3.63, 3.8) is 0 Å². The first kappa shape index (κ1) is 26.7. The zero-order chi connectivity index (χ0) is 27.4. The van der Waals surface area contributed by atoms with Crippen LogP contribution in [-0.4, -0.2) is 51.5 Å². The van der Waals surface area contributed by atoms with Gasteiger partial charge in [0.05, 0.1) is 11.0 Å². The van der Waals surface area contributed by atoms with E-state index in [1.165, 1.54) is 31.5 Å². The molecule has 2 aromatic heterocycles. The lowest BCUT2D eigenvalue weighted by atomic mass is 9.87. The molecule has 1 amide bonds. The average Bonchev–Trinajstić information content (AvgIpc) is 3.54. The van der Waals surface area contributed by atoms with Crippen LogP contribution in [-0.2, 0) is 12.5 Å². The van der Waals surface area contributed by atoms with Crippen molar-refractivity contribution in [1.29, 1.82) is 0 Å². The highest BCUT2D eigenvalue weighted by Gasteiger charge is 2.16. The van der Waals surface area contributed by atoms with Crippen molar-refractivity contribution in [2.45, 2.75) is 45.4 Å². The maximum atomic E-state index is 12.6. The molecule has 0 unspecified atom stereocenters. The predicted molar refractivity (Wildman–Crippen MR) is 156 cm³/mol. The third-order valence-electron chi connectivity index (χ3n) is 7.17. The number of fused-ring (bicyclic) bond motifs is 1. The van der Waals surface area contributed by atoms with Gasteiger partial charge in [-0.25, -0.2) is 4.98 Å². The molecule has 4 aromatic rings. The van der Waals surface area contributed by atoms with Crippen LogP contribution in [0.25, 0.3) is 11.0 Å². The molecule has 204 valence electrons. The fourth-order valence-corrected chi connectivity index (χ4v) is 4.88. The highest BCUT2D eigenvalue weighted by atomic mass is 16.5. The number of amides is 1. The molecule has 0 spiro atoms. The van der Waals surface area contributed by atoms with Gasteiger partial charge in [-0.3, -0.25) is 9.78 Å². The second-order valence-corrected chi connectivity index (χ2v) is 11.2. The van der Waals surface area contributed by atoms with E-state index in [1.54, 1.807) is 18.3 Å². The zero-order valence-corrected chi connectivity index (χ0v) is 23.3. The van der Waals surface area contributed by atoms with Gasteiger partial charge in [-0.2, -0.15) is 0 Å². The van der Waals surface area contributed by atoms with Crippen LogP contribution in [0.2, 0.25) is 0 Å². The van der Waals surface area contributed by atoms with E-state index in [1.807, 2.05) is 35.9 Å². The number of pyridine rings is 1. The Balaban J connectivity index is 1.24. The van der Waals surface area contributed by atoms with Crippen molar-refractivity contribution in [3.05, 3.63) is 72.1 Å². The Bertz CT molecular complexity index is 1450. The lowest BCUT2D eigenvalue weighted by Gasteiger charge is -2.20. The molecular formula is C31H38N6O2. The molecule has 39 heavy (non-hydrogen) atoms. The van der Waals surface area contributed by atoms with Crippen LogP contribution in [0.4, 0.5) is 11.6 Å². The second kappa shape index (κ2) is 11.5. The van der Waals surface area contributed by atoms with E-state index < -0.39 is 0 Å². The van der Waals surface area contributed by atoms with E-state index in [2.05, 4.69) is 59.5 Å². The van der Waals surface area contributed by atoms with Gasteiger partial charge in [0.25, 0.3) is 5.91 Å². The van der Waals surface area contributed by atoms with E-state index in [4.69, 9.17) is 9.72 Å². The number of anilines is 2. The van der Waals surface area contributed by atoms with Gasteiger partial charge in [0, 0.05) is 37.6 Å². The van der Waals surface area contributed by atoms with Crippen LogP contribution in [0.15, 0.2) is 60.8 Å². The fraction of sp³-hybridized carbons (Fsp3) is 0.387. The van der Waals surface area contributed by atoms with E-state index >= 15 is 0 Å². The third-order valence-corrected chi connectivity index (χ3v) is 7.17. The first-order chi connectivity index (χ1) is 18.8. The van der Waals surface area contributed by atoms with Crippen molar-refractivity contribution in [3.8, 4) is 11.5 Å². The Hall–Kier alpha value is -3.91. The first-order valence-electron chi connectivity index (χ1n) is 13.7. The lowest BCUT2D eigenvalue weighted by Crippen LogP contribution is -2.29. The van der Waals surface area contributed by atoms with Gasteiger partial charge in [0.2, 0.25) is 5.95 Å². The van der Waals surface area contributed by atoms with Gasteiger partial charge >= 0.3 is 0 Å². The fourth-order valence-electron chi connectivity index (χ4n) is 4.88. The van der Waals surface area contributed by atoms with Gasteiger partial charge in [-0.1, -0.05) is 32.9 Å². The molecule has 0 aliphatic carbocycles. The lowest BCUT2D eigenvalue weighted by molar-refractivity contribution is 0.0946. The zero-order valence-electron chi connectivity index (χ0n) is 23.3. The summed E-state index contributed by atoms with van der Waals surface area (Å²) in [4.78, 5) is 24.1. The molecule has 2 aromatic carbocycles. The van der Waals surface area contributed by atoms with Crippen molar-refractivity contribution >= 4 is 28.6 Å². The minimum Gasteiger partial charge on any atom is -0.457 e. The van der Waals surface area contributed by atoms with Crippen LogP contribution in [0, 0.1) is 0 Å². The molecule has 5 rings (SSSR count). The summed E-state index contributed by atoms with van der Waals surface area (Å²) in [5, 5.41) is 6.43. The first-order valence-corrected chi connectivity index (χ1v) is 13.7. The topological polar surface area (TPSA) is 84.3 Å². The Morgan fingerprint density at radius 2 is 1.82 bits per heavy atom. The second-order valence-electron chi connectivity index (χ2n) is 11.2. The molecule has 1 fully saturated rings. The number of ether oxygens (including phenoxy) is 1. The summed E-state index contributed by atoms with van der Waals surface area (Å²) < 4.78 is 8.12. The van der Waals surface area contributed by atoms with Crippen molar-refractivity contribution in [2.75, 3.05) is 31.5 Å². The van der Waals surface area contributed by atoms with Gasteiger partial charge < -0.3 is 24.8 Å². The van der Waals surface area contributed by atoms with E-state index in [-0.39, 0.29) is 11.3 Å². The quantitative estimate of drug-likeness (QED) is 0.260. The normalized spacial score (nSPS) is 14.1. The number of likely N-dealkylation sites (tertiary alicyclic amines) is 1. The molecule has 1 aliphatic heterocycles. The number of rotatable bonds is 9. The number of hydrogen-bond donors (Lipinski definition) is 2. The number of carbonyl (C=O) groups excluding carboxylic acids is 1. The maximum absolute atomic E-state index is 12.6. The van der Waals surface area contributed by atoms with Crippen molar-refractivity contribution in [2.24, 2.45) is 7.05 Å². The Kier molecular flexibility index (Phi) is 7.84. The number of nitrogens with zero attached hydrogens (tertiary/aromatic N) is 4.